The number of imide groups is 2. The van der Waals surface area contributed by atoms with Crippen LogP contribution < -0.4 is 21.3 Å². The van der Waals surface area contributed by atoms with Gasteiger partial charge in [0.25, 0.3) is 17.7 Å². The first kappa shape index (κ1) is 28.4. The monoisotopic (exact) mass is 551 g/mol. The van der Waals surface area contributed by atoms with Gasteiger partial charge in [-0.25, -0.2) is 0 Å². The Bertz CT molecular complexity index is 1300. The van der Waals surface area contributed by atoms with Crippen LogP contribution in [0.3, 0.4) is 0 Å². The van der Waals surface area contributed by atoms with Gasteiger partial charge >= 0.3 is 0 Å². The number of carbonyl (C=O) groups excluding carboxylic acids is 6. The zero-order valence-corrected chi connectivity index (χ0v) is 21.6. The van der Waals surface area contributed by atoms with Crippen molar-refractivity contribution >= 4 is 47.3 Å². The van der Waals surface area contributed by atoms with Crippen molar-refractivity contribution in [1.82, 2.24) is 15.5 Å². The molecule has 13 heteroatoms. The third-order valence-electron chi connectivity index (χ3n) is 6.31. The predicted octanol–water partition coefficient (Wildman–Crippen LogP) is 0.531. The molecule has 40 heavy (non-hydrogen) atoms. The second kappa shape index (κ2) is 13.4. The maximum atomic E-state index is 13.1. The standard InChI is InChI=1S/C27H29N5O8/c33-16-30-18-6-4-17(5-7-18)24(35)29-11-13-40-15-14-39-12-10-28-20-3-1-2-19-23(20)27(38)32(26(19)37)21-8-9-22(34)31-25(21)36/h1-7,16,21,28H,8-15H2,(H,29,35)(H,30,33)(H,31,34,36). The fraction of sp³-hybridized carbons (Fsp3) is 0.333. The number of fused-ring (bicyclic) bond motifs is 1. The van der Waals surface area contributed by atoms with Crippen LogP contribution in [0.2, 0.25) is 0 Å². The average Bonchev–Trinajstić information content (AvgIpc) is 3.20. The summed E-state index contributed by atoms with van der Waals surface area (Å²) in [6, 6.07) is 10.3. The number of hydrogen-bond acceptors (Lipinski definition) is 9. The minimum atomic E-state index is -1.02. The lowest BCUT2D eigenvalue weighted by Gasteiger charge is -2.27. The molecule has 0 bridgehead atoms. The molecule has 0 radical (unpaired) electrons. The van der Waals surface area contributed by atoms with Crippen molar-refractivity contribution in [3.05, 3.63) is 59.2 Å². The third kappa shape index (κ3) is 6.68. The Hall–Kier alpha value is -4.62. The molecule has 1 fully saturated rings. The Labute approximate surface area is 229 Å². The second-order valence-corrected chi connectivity index (χ2v) is 8.92. The zero-order valence-electron chi connectivity index (χ0n) is 21.6. The van der Waals surface area contributed by atoms with E-state index in [2.05, 4.69) is 21.3 Å². The van der Waals surface area contributed by atoms with Crippen molar-refractivity contribution in [2.75, 3.05) is 50.2 Å². The highest BCUT2D eigenvalue weighted by atomic mass is 16.5. The number of carbonyl (C=O) groups is 6. The predicted molar refractivity (Wildman–Crippen MR) is 142 cm³/mol. The normalized spacial score (nSPS) is 16.4. The fourth-order valence-corrected chi connectivity index (χ4v) is 4.37. The van der Waals surface area contributed by atoms with E-state index in [9.17, 15) is 28.8 Å². The van der Waals surface area contributed by atoms with Gasteiger partial charge in [0.05, 0.1) is 37.6 Å². The quantitative estimate of drug-likeness (QED) is 0.148. The summed E-state index contributed by atoms with van der Waals surface area (Å²) in [4.78, 5) is 73.1. The molecular weight excluding hydrogens is 522 g/mol. The van der Waals surface area contributed by atoms with Crippen LogP contribution >= 0.6 is 0 Å². The molecule has 2 aromatic rings. The Kier molecular flexibility index (Phi) is 9.54. The summed E-state index contributed by atoms with van der Waals surface area (Å²) < 4.78 is 11.0. The molecule has 210 valence electrons. The van der Waals surface area contributed by atoms with Gasteiger partial charge < -0.3 is 25.4 Å². The summed E-state index contributed by atoms with van der Waals surface area (Å²) in [5.74, 6) is -2.47. The third-order valence-corrected chi connectivity index (χ3v) is 6.31. The maximum Gasteiger partial charge on any atom is 0.264 e. The summed E-state index contributed by atoms with van der Waals surface area (Å²) >= 11 is 0. The van der Waals surface area contributed by atoms with Gasteiger partial charge in [-0.15, -0.1) is 0 Å². The van der Waals surface area contributed by atoms with Crippen molar-refractivity contribution in [1.29, 1.82) is 0 Å². The minimum Gasteiger partial charge on any atom is -0.382 e. The van der Waals surface area contributed by atoms with Crippen LogP contribution in [-0.2, 0) is 23.9 Å². The van der Waals surface area contributed by atoms with Gasteiger partial charge in [-0.1, -0.05) is 6.07 Å². The summed E-state index contributed by atoms with van der Waals surface area (Å²) in [5.41, 5.74) is 1.91. The van der Waals surface area contributed by atoms with Gasteiger partial charge in [0.1, 0.15) is 6.04 Å². The van der Waals surface area contributed by atoms with Gasteiger partial charge in [0, 0.05) is 36.4 Å². The number of rotatable bonds is 14. The van der Waals surface area contributed by atoms with E-state index in [0.29, 0.717) is 62.9 Å². The van der Waals surface area contributed by atoms with Crippen LogP contribution in [0.5, 0.6) is 0 Å². The van der Waals surface area contributed by atoms with Crippen LogP contribution in [0.1, 0.15) is 43.9 Å². The van der Waals surface area contributed by atoms with Crippen LogP contribution in [0, 0.1) is 0 Å². The lowest BCUT2D eigenvalue weighted by atomic mass is 10.0. The van der Waals surface area contributed by atoms with E-state index < -0.39 is 29.7 Å². The number of anilines is 2. The second-order valence-electron chi connectivity index (χ2n) is 8.92. The first-order chi connectivity index (χ1) is 19.4. The van der Waals surface area contributed by atoms with Gasteiger partial charge in [0.2, 0.25) is 18.2 Å². The number of nitrogens with zero attached hydrogens (tertiary/aromatic N) is 1. The molecule has 0 saturated carbocycles. The number of nitrogens with one attached hydrogen (secondary N) is 4. The lowest BCUT2D eigenvalue weighted by Crippen LogP contribution is -2.54. The molecule has 6 amide bonds. The number of hydrogen-bond donors (Lipinski definition) is 4. The molecule has 0 spiro atoms. The van der Waals surface area contributed by atoms with Crippen LogP contribution in [0.4, 0.5) is 11.4 Å². The molecule has 2 aromatic carbocycles. The van der Waals surface area contributed by atoms with Crippen LogP contribution in [0.25, 0.3) is 0 Å². The van der Waals surface area contributed by atoms with E-state index in [1.54, 1.807) is 36.4 Å². The van der Waals surface area contributed by atoms with Gasteiger partial charge in [-0.3, -0.25) is 39.0 Å². The largest absolute Gasteiger partial charge is 0.382 e. The molecule has 1 unspecified atom stereocenters. The Morgan fingerprint density at radius 2 is 1.68 bits per heavy atom. The van der Waals surface area contributed by atoms with Crippen molar-refractivity contribution in [3.63, 3.8) is 0 Å². The highest BCUT2D eigenvalue weighted by Crippen LogP contribution is 2.32. The van der Waals surface area contributed by atoms with E-state index in [4.69, 9.17) is 9.47 Å². The lowest BCUT2D eigenvalue weighted by molar-refractivity contribution is -0.136. The van der Waals surface area contributed by atoms with Crippen molar-refractivity contribution in [2.45, 2.75) is 18.9 Å². The van der Waals surface area contributed by atoms with E-state index in [0.717, 1.165) is 4.90 Å². The van der Waals surface area contributed by atoms with Gasteiger partial charge in [-0.2, -0.15) is 0 Å². The van der Waals surface area contributed by atoms with Crippen LogP contribution in [0.15, 0.2) is 42.5 Å². The number of benzene rings is 2. The fourth-order valence-electron chi connectivity index (χ4n) is 4.37. The Morgan fingerprint density at radius 3 is 2.38 bits per heavy atom. The molecule has 4 rings (SSSR count). The molecular formula is C27H29N5O8. The summed E-state index contributed by atoms with van der Waals surface area (Å²) in [6.45, 7) is 1.90. The highest BCUT2D eigenvalue weighted by molar-refractivity contribution is 6.25. The van der Waals surface area contributed by atoms with Crippen LogP contribution in [-0.4, -0.2) is 86.4 Å². The molecule has 0 aromatic heterocycles. The number of piperidine rings is 1. The summed E-state index contributed by atoms with van der Waals surface area (Å²) in [6.07, 6.45) is 0.713. The van der Waals surface area contributed by atoms with E-state index in [1.807, 2.05) is 0 Å². The summed E-state index contributed by atoms with van der Waals surface area (Å²) in [5, 5.41) is 10.5. The SMILES string of the molecule is O=CNc1ccc(C(=O)NCCOCCOCCNc2cccc3c2C(=O)N(C2CCC(=O)NC2=O)C3=O)cc1. The van der Waals surface area contributed by atoms with Crippen molar-refractivity contribution in [3.8, 4) is 0 Å². The van der Waals surface area contributed by atoms with Gasteiger partial charge in [0.15, 0.2) is 0 Å². The molecule has 1 atom stereocenters. The van der Waals surface area contributed by atoms with Crippen molar-refractivity contribution < 1.29 is 38.2 Å². The number of amides is 6. The Balaban J connectivity index is 1.13. The minimum absolute atomic E-state index is 0.0569. The van der Waals surface area contributed by atoms with E-state index >= 15 is 0 Å². The zero-order chi connectivity index (χ0) is 28.5. The maximum absolute atomic E-state index is 13.1. The van der Waals surface area contributed by atoms with E-state index in [1.165, 1.54) is 6.07 Å². The smallest absolute Gasteiger partial charge is 0.264 e. The summed E-state index contributed by atoms with van der Waals surface area (Å²) in [7, 11) is 0. The molecule has 4 N–H and O–H groups in total. The first-order valence-corrected chi connectivity index (χ1v) is 12.7. The molecule has 1 saturated heterocycles. The highest BCUT2D eigenvalue weighted by Gasteiger charge is 2.45. The van der Waals surface area contributed by atoms with E-state index in [-0.39, 0.29) is 29.9 Å². The topological polar surface area (TPSA) is 172 Å². The Morgan fingerprint density at radius 1 is 0.950 bits per heavy atom. The molecule has 13 nitrogen and oxygen atoms in total. The number of ether oxygens (including phenoxy) is 2. The van der Waals surface area contributed by atoms with Gasteiger partial charge in [-0.05, 0) is 42.8 Å². The molecule has 2 aliphatic rings. The average molecular weight is 552 g/mol. The van der Waals surface area contributed by atoms with Crippen molar-refractivity contribution in [2.24, 2.45) is 0 Å². The first-order valence-electron chi connectivity index (χ1n) is 12.7. The molecule has 0 aliphatic carbocycles. The molecule has 2 heterocycles. The molecule has 2 aliphatic heterocycles.